The van der Waals surface area contributed by atoms with Gasteiger partial charge in [0, 0.05) is 12.6 Å². The molecule has 1 fully saturated rings. The Balaban J connectivity index is 2.16. The molecule has 1 aromatic rings. The zero-order chi connectivity index (χ0) is 15.5. The Kier molecular flexibility index (Phi) is 4.88. The summed E-state index contributed by atoms with van der Waals surface area (Å²) in [4.78, 5) is 12.5. The Morgan fingerprint density at radius 3 is 2.43 bits per heavy atom. The van der Waals surface area contributed by atoms with E-state index in [9.17, 15) is 23.1 Å². The lowest BCUT2D eigenvalue weighted by molar-refractivity contribution is -0.189. The highest BCUT2D eigenvalue weighted by Crippen LogP contribution is 2.28. The second-order valence-electron chi connectivity index (χ2n) is 5.19. The van der Waals surface area contributed by atoms with Crippen molar-refractivity contribution in [2.24, 2.45) is 0 Å². The molecular formula is C15H17F3NO2. The number of aliphatic hydroxyl groups excluding tert-OH is 1. The van der Waals surface area contributed by atoms with Gasteiger partial charge in [-0.05, 0) is 31.2 Å². The van der Waals surface area contributed by atoms with Crippen molar-refractivity contribution < 1.29 is 23.1 Å². The number of carbonyl (C=O) groups excluding carboxylic acids is 1. The molecule has 0 heterocycles. The lowest BCUT2D eigenvalue weighted by Gasteiger charge is -2.36. The molecule has 0 aliphatic heterocycles. The van der Waals surface area contributed by atoms with Gasteiger partial charge in [0.2, 0.25) is 0 Å². The summed E-state index contributed by atoms with van der Waals surface area (Å²) in [6.07, 6.45) is -2.90. The second-order valence-corrected chi connectivity index (χ2v) is 5.19. The van der Waals surface area contributed by atoms with Gasteiger partial charge in [-0.1, -0.05) is 30.3 Å². The van der Waals surface area contributed by atoms with E-state index in [1.54, 1.807) is 36.8 Å². The molecule has 0 bridgehead atoms. The number of rotatable bonds is 3. The van der Waals surface area contributed by atoms with Crippen LogP contribution in [-0.4, -0.2) is 34.2 Å². The van der Waals surface area contributed by atoms with Gasteiger partial charge >= 0.3 is 12.1 Å². The molecule has 6 heteroatoms. The van der Waals surface area contributed by atoms with E-state index in [0.717, 1.165) is 4.90 Å². The van der Waals surface area contributed by atoms with E-state index in [1.165, 1.54) is 0 Å². The molecule has 1 radical (unpaired) electrons. The minimum absolute atomic E-state index is 0.0756. The molecule has 2 unspecified atom stereocenters. The van der Waals surface area contributed by atoms with Crippen molar-refractivity contribution in [1.82, 2.24) is 4.90 Å². The second kappa shape index (κ2) is 6.47. The summed E-state index contributed by atoms with van der Waals surface area (Å²) < 4.78 is 38.3. The van der Waals surface area contributed by atoms with Crippen LogP contribution in [0.15, 0.2) is 30.3 Å². The molecule has 0 aromatic heterocycles. The number of aliphatic hydroxyl groups is 1. The van der Waals surface area contributed by atoms with E-state index < -0.39 is 24.2 Å². The number of halogens is 3. The molecule has 1 aliphatic rings. The summed E-state index contributed by atoms with van der Waals surface area (Å²) in [7, 11) is 0. The van der Waals surface area contributed by atoms with Gasteiger partial charge in [-0.2, -0.15) is 13.2 Å². The highest BCUT2D eigenvalue weighted by Gasteiger charge is 2.45. The summed E-state index contributed by atoms with van der Waals surface area (Å²) in [6.45, 7) is -0.0756. The summed E-state index contributed by atoms with van der Waals surface area (Å²) in [5, 5.41) is 9.42. The molecule has 1 amide bonds. The van der Waals surface area contributed by atoms with Crippen LogP contribution in [0.25, 0.3) is 0 Å². The molecular weight excluding hydrogens is 283 g/mol. The Morgan fingerprint density at radius 1 is 1.24 bits per heavy atom. The fourth-order valence-electron chi connectivity index (χ4n) is 2.51. The van der Waals surface area contributed by atoms with E-state index in [0.29, 0.717) is 18.4 Å². The average Bonchev–Trinajstić information content (AvgIpc) is 2.45. The summed E-state index contributed by atoms with van der Waals surface area (Å²) in [5.41, 5.74) is 0.654. The fourth-order valence-corrected chi connectivity index (χ4v) is 2.51. The molecule has 1 saturated carbocycles. The molecule has 3 nitrogen and oxygen atoms in total. The van der Waals surface area contributed by atoms with E-state index in [2.05, 4.69) is 0 Å². The fraction of sp³-hybridized carbons (Fsp3) is 0.467. The van der Waals surface area contributed by atoms with Crippen LogP contribution in [0.2, 0.25) is 0 Å². The monoisotopic (exact) mass is 300 g/mol. The van der Waals surface area contributed by atoms with Gasteiger partial charge < -0.3 is 10.0 Å². The normalized spacial score (nSPS) is 22.9. The van der Waals surface area contributed by atoms with Crippen LogP contribution in [0, 0.1) is 6.42 Å². The van der Waals surface area contributed by atoms with E-state index in [1.807, 2.05) is 0 Å². The lowest BCUT2D eigenvalue weighted by atomic mass is 9.91. The predicted molar refractivity (Wildman–Crippen MR) is 71.0 cm³/mol. The van der Waals surface area contributed by atoms with E-state index in [-0.39, 0.29) is 13.0 Å². The summed E-state index contributed by atoms with van der Waals surface area (Å²) in [5.74, 6) is -1.82. The first-order valence-electron chi connectivity index (χ1n) is 6.81. The van der Waals surface area contributed by atoms with Crippen molar-refractivity contribution in [3.63, 3.8) is 0 Å². The van der Waals surface area contributed by atoms with Gasteiger partial charge in [0.25, 0.3) is 0 Å². The van der Waals surface area contributed by atoms with Crippen LogP contribution in [0.5, 0.6) is 0 Å². The maximum Gasteiger partial charge on any atom is 0.471 e. The highest BCUT2D eigenvalue weighted by atomic mass is 19.4. The molecule has 0 spiro atoms. The number of carbonyl (C=O) groups is 1. The molecule has 1 aliphatic carbocycles. The van der Waals surface area contributed by atoms with Crippen LogP contribution in [0.1, 0.15) is 24.8 Å². The third-order valence-corrected chi connectivity index (χ3v) is 3.62. The largest absolute Gasteiger partial charge is 0.471 e. The maximum atomic E-state index is 12.8. The molecule has 0 saturated heterocycles. The number of benzene rings is 1. The van der Waals surface area contributed by atoms with Crippen molar-refractivity contribution in [1.29, 1.82) is 0 Å². The first-order chi connectivity index (χ1) is 9.88. The van der Waals surface area contributed by atoms with Crippen LogP contribution in [0.4, 0.5) is 13.2 Å². The molecule has 1 aromatic carbocycles. The summed E-state index contributed by atoms with van der Waals surface area (Å²) in [6, 6.07) is 8.08. The van der Waals surface area contributed by atoms with Gasteiger partial charge in [-0.15, -0.1) is 0 Å². The zero-order valence-corrected chi connectivity index (χ0v) is 11.4. The lowest BCUT2D eigenvalue weighted by Crippen LogP contribution is -2.48. The Hall–Kier alpha value is -1.56. The van der Waals surface area contributed by atoms with Crippen molar-refractivity contribution in [3.8, 4) is 0 Å². The van der Waals surface area contributed by atoms with Gasteiger partial charge in [0.15, 0.2) is 0 Å². The Morgan fingerprint density at radius 2 is 1.90 bits per heavy atom. The molecule has 2 rings (SSSR count). The first-order valence-corrected chi connectivity index (χ1v) is 6.81. The van der Waals surface area contributed by atoms with Gasteiger partial charge in [0.1, 0.15) is 0 Å². The van der Waals surface area contributed by atoms with Crippen LogP contribution in [0.3, 0.4) is 0 Å². The summed E-state index contributed by atoms with van der Waals surface area (Å²) >= 11 is 0. The quantitative estimate of drug-likeness (QED) is 0.932. The molecule has 2 atom stereocenters. The van der Waals surface area contributed by atoms with Crippen LogP contribution in [-0.2, 0) is 11.3 Å². The van der Waals surface area contributed by atoms with Crippen molar-refractivity contribution in [3.05, 3.63) is 42.3 Å². The van der Waals surface area contributed by atoms with E-state index >= 15 is 0 Å². The maximum absolute atomic E-state index is 12.8. The topological polar surface area (TPSA) is 40.5 Å². The van der Waals surface area contributed by atoms with Crippen LogP contribution < -0.4 is 0 Å². The molecule has 1 N–H and O–H groups in total. The van der Waals surface area contributed by atoms with Gasteiger partial charge in [0.05, 0.1) is 6.10 Å². The number of hydrogen-bond donors (Lipinski definition) is 1. The molecule has 21 heavy (non-hydrogen) atoms. The third kappa shape index (κ3) is 4.20. The zero-order valence-electron chi connectivity index (χ0n) is 11.4. The SMILES string of the molecule is O=C(N(Cc1ccccc1)C1C[CH]C(O)CC1)C(F)(F)F. The Labute approximate surface area is 121 Å². The first kappa shape index (κ1) is 15.8. The smallest absolute Gasteiger partial charge is 0.393 e. The van der Waals surface area contributed by atoms with Crippen molar-refractivity contribution in [2.45, 2.75) is 44.1 Å². The van der Waals surface area contributed by atoms with Gasteiger partial charge in [-0.25, -0.2) is 0 Å². The number of alkyl halides is 3. The third-order valence-electron chi connectivity index (χ3n) is 3.62. The van der Waals surface area contributed by atoms with Crippen molar-refractivity contribution in [2.75, 3.05) is 0 Å². The van der Waals surface area contributed by atoms with Gasteiger partial charge in [-0.3, -0.25) is 4.79 Å². The number of amides is 1. The standard InChI is InChI=1S/C15H17F3NO2/c16-15(17,18)14(21)19(10-11-4-2-1-3-5-11)12-6-8-13(20)9-7-12/h1-5,8,12-13,20H,6-7,9-10H2. The number of nitrogens with zero attached hydrogens (tertiary/aromatic N) is 1. The van der Waals surface area contributed by atoms with E-state index in [4.69, 9.17) is 0 Å². The Bertz CT molecular complexity index is 468. The minimum Gasteiger partial charge on any atom is -0.393 e. The predicted octanol–water partition coefficient (Wildman–Crippen LogP) is 2.70. The molecule has 115 valence electrons. The number of hydrogen-bond acceptors (Lipinski definition) is 2. The van der Waals surface area contributed by atoms with Crippen molar-refractivity contribution >= 4 is 5.91 Å². The van der Waals surface area contributed by atoms with Crippen LogP contribution >= 0.6 is 0 Å². The average molecular weight is 300 g/mol. The highest BCUT2D eigenvalue weighted by molar-refractivity contribution is 5.82. The minimum atomic E-state index is -4.88.